The van der Waals surface area contributed by atoms with Crippen LogP contribution in [0.2, 0.25) is 10.0 Å². The van der Waals surface area contributed by atoms with Crippen LogP contribution >= 0.6 is 23.2 Å². The second-order valence-electron chi connectivity index (χ2n) is 9.01. The molecular weight excluding hydrogens is 479 g/mol. The highest BCUT2D eigenvalue weighted by molar-refractivity contribution is 6.42. The van der Waals surface area contributed by atoms with Gasteiger partial charge in [0.05, 0.1) is 16.5 Å². The predicted octanol–water partition coefficient (Wildman–Crippen LogP) is 6.55. The van der Waals surface area contributed by atoms with E-state index in [0.29, 0.717) is 16.6 Å². The first-order valence-corrected chi connectivity index (χ1v) is 12.9. The molecule has 0 unspecified atom stereocenters. The van der Waals surface area contributed by atoms with E-state index in [1.54, 1.807) is 12.1 Å². The van der Waals surface area contributed by atoms with Gasteiger partial charge in [0.25, 0.3) is 0 Å². The van der Waals surface area contributed by atoms with Crippen molar-refractivity contribution < 1.29 is 9.59 Å². The highest BCUT2D eigenvalue weighted by Crippen LogP contribution is 2.25. The van der Waals surface area contributed by atoms with E-state index in [1.165, 1.54) is 0 Å². The van der Waals surface area contributed by atoms with Crippen LogP contribution in [-0.2, 0) is 11.2 Å². The summed E-state index contributed by atoms with van der Waals surface area (Å²) in [5, 5.41) is 0.939. The molecule has 4 nitrogen and oxygen atoms in total. The van der Waals surface area contributed by atoms with Gasteiger partial charge in [-0.3, -0.25) is 9.59 Å². The Morgan fingerprint density at radius 2 is 1.51 bits per heavy atom. The lowest BCUT2D eigenvalue weighted by atomic mass is 9.89. The summed E-state index contributed by atoms with van der Waals surface area (Å²) >= 11 is 12.2. The van der Waals surface area contributed by atoms with Gasteiger partial charge in [0.2, 0.25) is 5.91 Å². The van der Waals surface area contributed by atoms with Gasteiger partial charge in [0.15, 0.2) is 5.78 Å². The zero-order valence-corrected chi connectivity index (χ0v) is 21.2. The van der Waals surface area contributed by atoms with Crippen LogP contribution in [0.4, 0.5) is 5.69 Å². The van der Waals surface area contributed by atoms with Gasteiger partial charge >= 0.3 is 0 Å². The molecule has 0 aromatic heterocycles. The number of piperidine rings is 1. The maximum absolute atomic E-state index is 13.2. The number of anilines is 1. The molecule has 6 heteroatoms. The number of benzene rings is 3. The zero-order chi connectivity index (χ0) is 24.6. The smallest absolute Gasteiger partial charge is 0.231 e. The Morgan fingerprint density at radius 3 is 2.17 bits per heavy atom. The van der Waals surface area contributed by atoms with Crippen LogP contribution in [0.15, 0.2) is 78.9 Å². The van der Waals surface area contributed by atoms with Crippen molar-refractivity contribution in [2.75, 3.05) is 31.1 Å². The minimum atomic E-state index is 0.0294. The molecule has 0 aliphatic carbocycles. The number of hydrogen-bond donors (Lipinski definition) is 0. The van der Waals surface area contributed by atoms with Gasteiger partial charge in [0, 0.05) is 23.7 Å². The van der Waals surface area contributed by atoms with E-state index < -0.39 is 0 Å². The Morgan fingerprint density at radius 1 is 0.857 bits per heavy atom. The number of hydrogen-bond acceptors (Lipinski definition) is 3. The second kappa shape index (κ2) is 12.3. The average Bonchev–Trinajstić information content (AvgIpc) is 2.89. The minimum Gasteiger partial charge on any atom is -0.312 e. The summed E-state index contributed by atoms with van der Waals surface area (Å²) in [7, 11) is 0. The summed E-state index contributed by atoms with van der Waals surface area (Å²) in [5.74, 6) is 0.386. The summed E-state index contributed by atoms with van der Waals surface area (Å²) in [6.45, 7) is 3.35. The molecule has 0 bridgehead atoms. The molecule has 35 heavy (non-hydrogen) atoms. The first-order valence-electron chi connectivity index (χ1n) is 12.1. The number of ketones is 1. The molecule has 3 aromatic carbocycles. The Hall–Kier alpha value is -2.66. The van der Waals surface area contributed by atoms with Gasteiger partial charge in [-0.2, -0.15) is 0 Å². The molecule has 1 amide bonds. The maximum atomic E-state index is 13.2. The Balaban J connectivity index is 1.31. The van der Waals surface area contributed by atoms with Crippen molar-refractivity contribution >= 4 is 40.6 Å². The van der Waals surface area contributed by atoms with Gasteiger partial charge in [-0.15, -0.1) is 0 Å². The molecule has 1 saturated heterocycles. The van der Waals surface area contributed by atoms with Gasteiger partial charge in [-0.1, -0.05) is 77.8 Å². The lowest BCUT2D eigenvalue weighted by Gasteiger charge is -2.32. The van der Waals surface area contributed by atoms with E-state index in [4.69, 9.17) is 23.2 Å². The molecule has 1 aliphatic heterocycles. The molecule has 1 fully saturated rings. The van der Waals surface area contributed by atoms with Crippen LogP contribution < -0.4 is 4.90 Å². The fraction of sp³-hybridized carbons (Fsp3) is 0.310. The molecule has 0 N–H and O–H groups in total. The van der Waals surface area contributed by atoms with E-state index in [1.807, 2.05) is 71.6 Å². The third-order valence-electron chi connectivity index (χ3n) is 6.58. The van der Waals surface area contributed by atoms with E-state index in [9.17, 15) is 9.59 Å². The zero-order valence-electron chi connectivity index (χ0n) is 19.7. The summed E-state index contributed by atoms with van der Waals surface area (Å²) in [6, 6.07) is 24.7. The van der Waals surface area contributed by atoms with Crippen molar-refractivity contribution in [1.29, 1.82) is 0 Å². The lowest BCUT2D eigenvalue weighted by molar-refractivity contribution is -0.118. The van der Waals surface area contributed by atoms with Crippen molar-refractivity contribution in [3.8, 4) is 0 Å². The average molecular weight is 509 g/mol. The van der Waals surface area contributed by atoms with E-state index in [2.05, 4.69) is 4.90 Å². The maximum Gasteiger partial charge on any atom is 0.231 e. The molecule has 0 spiro atoms. The molecule has 1 aliphatic rings. The van der Waals surface area contributed by atoms with Gasteiger partial charge in [0.1, 0.15) is 0 Å². The Kier molecular flexibility index (Phi) is 8.97. The van der Waals surface area contributed by atoms with E-state index in [0.717, 1.165) is 55.7 Å². The summed E-state index contributed by atoms with van der Waals surface area (Å²) in [4.78, 5) is 30.3. The molecule has 3 aromatic rings. The topological polar surface area (TPSA) is 40.6 Å². The summed E-state index contributed by atoms with van der Waals surface area (Å²) in [5.41, 5.74) is 2.55. The first-order chi connectivity index (χ1) is 17.0. The fourth-order valence-electron chi connectivity index (χ4n) is 4.63. The number of Topliss-reactive ketones (excluding diaryl/α,β-unsaturated/α-hetero) is 1. The van der Waals surface area contributed by atoms with E-state index in [-0.39, 0.29) is 24.0 Å². The third-order valence-corrected chi connectivity index (χ3v) is 7.32. The van der Waals surface area contributed by atoms with Crippen molar-refractivity contribution in [3.63, 3.8) is 0 Å². The molecule has 4 rings (SSSR count). The third kappa shape index (κ3) is 6.94. The number of halogens is 2. The van der Waals surface area contributed by atoms with Crippen LogP contribution in [0.3, 0.4) is 0 Å². The second-order valence-corrected chi connectivity index (χ2v) is 9.82. The Labute approximate surface area is 217 Å². The molecule has 1 heterocycles. The number of nitrogens with zero attached hydrogens (tertiary/aromatic N) is 2. The normalized spacial score (nSPS) is 14.6. The highest BCUT2D eigenvalue weighted by Gasteiger charge is 2.26. The van der Waals surface area contributed by atoms with Gasteiger partial charge < -0.3 is 9.80 Å². The number of carbonyl (C=O) groups excluding carboxylic acids is 2. The first kappa shape index (κ1) is 25.4. The van der Waals surface area contributed by atoms with Crippen molar-refractivity contribution in [2.24, 2.45) is 5.92 Å². The number of para-hydroxylation sites is 1. The quantitative estimate of drug-likeness (QED) is 0.307. The number of rotatable bonds is 9. The van der Waals surface area contributed by atoms with Crippen LogP contribution in [0, 0.1) is 5.92 Å². The van der Waals surface area contributed by atoms with Gasteiger partial charge in [-0.05, 0) is 68.7 Å². The van der Waals surface area contributed by atoms with E-state index >= 15 is 0 Å². The van der Waals surface area contributed by atoms with Gasteiger partial charge in [-0.25, -0.2) is 0 Å². The lowest BCUT2D eigenvalue weighted by Crippen LogP contribution is -2.39. The van der Waals surface area contributed by atoms with Crippen molar-refractivity contribution in [1.82, 2.24) is 4.90 Å². The fourth-order valence-corrected chi connectivity index (χ4v) is 4.96. The minimum absolute atomic E-state index is 0.0294. The monoisotopic (exact) mass is 508 g/mol. The van der Waals surface area contributed by atoms with Crippen LogP contribution in [0.25, 0.3) is 0 Å². The molecule has 0 radical (unpaired) electrons. The van der Waals surface area contributed by atoms with Crippen molar-refractivity contribution in [2.45, 2.75) is 25.7 Å². The largest absolute Gasteiger partial charge is 0.312 e. The predicted molar refractivity (Wildman–Crippen MR) is 144 cm³/mol. The standard InChI is InChI=1S/C29H30Cl2N2O2/c30-26-13-12-22(20-27(26)31)21-28(34)33(25-10-5-2-6-11-25)17-7-16-32-18-14-24(15-19-32)29(35)23-8-3-1-4-9-23/h1-6,8-13,20,24H,7,14-19,21H2. The van der Waals surface area contributed by atoms with Crippen LogP contribution in [0.5, 0.6) is 0 Å². The highest BCUT2D eigenvalue weighted by atomic mass is 35.5. The summed E-state index contributed by atoms with van der Waals surface area (Å²) in [6.07, 6.45) is 2.89. The molecule has 0 atom stereocenters. The summed E-state index contributed by atoms with van der Waals surface area (Å²) < 4.78 is 0. The Bertz CT molecular complexity index is 1130. The SMILES string of the molecule is O=C(c1ccccc1)C1CCN(CCCN(C(=O)Cc2ccc(Cl)c(Cl)c2)c2ccccc2)CC1. The van der Waals surface area contributed by atoms with Crippen molar-refractivity contribution in [3.05, 3.63) is 100 Å². The number of amides is 1. The molecular formula is C29H30Cl2N2O2. The molecule has 182 valence electrons. The van der Waals surface area contributed by atoms with Crippen LogP contribution in [0.1, 0.15) is 35.2 Å². The molecule has 0 saturated carbocycles. The number of likely N-dealkylation sites (tertiary alicyclic amines) is 1. The van der Waals surface area contributed by atoms with Crippen LogP contribution in [-0.4, -0.2) is 42.8 Å². The number of carbonyl (C=O) groups is 2.